The van der Waals surface area contributed by atoms with Crippen LogP contribution in [-0.2, 0) is 0 Å². The molecule has 22 aromatic carbocycles. The van der Waals surface area contributed by atoms with Crippen molar-refractivity contribution in [3.8, 4) is 72.7 Å². The van der Waals surface area contributed by atoms with Gasteiger partial charge in [-0.15, -0.1) is 0 Å². The second-order valence-corrected chi connectivity index (χ2v) is 35.7. The number of hydrogen-bond donors (Lipinski definition) is 3. The summed E-state index contributed by atoms with van der Waals surface area (Å²) in [7, 11) is 0. The minimum atomic E-state index is 1.06. The minimum Gasteiger partial charge on any atom is -0.354 e. The Kier molecular flexibility index (Phi) is 17.9. The van der Waals surface area contributed by atoms with E-state index < -0.39 is 0 Å². The third-order valence-electron chi connectivity index (χ3n) is 28.6. The largest absolute Gasteiger partial charge is 0.354 e. The van der Waals surface area contributed by atoms with Crippen LogP contribution in [0.3, 0.4) is 0 Å². The summed E-state index contributed by atoms with van der Waals surface area (Å²) >= 11 is 0. The van der Waals surface area contributed by atoms with Crippen LogP contribution in [0.1, 0.15) is 11.1 Å². The lowest BCUT2D eigenvalue weighted by atomic mass is 9.90. The number of H-pyrrole nitrogens is 3. The van der Waals surface area contributed by atoms with E-state index in [1.807, 2.05) is 30.6 Å². The van der Waals surface area contributed by atoms with E-state index in [1.54, 1.807) is 0 Å². The highest BCUT2D eigenvalue weighted by atomic mass is 15.0. The molecule has 0 radical (unpaired) electrons. The molecule has 3 N–H and O–H groups in total. The molecule has 0 unspecified atom stereocenters. The highest BCUT2D eigenvalue weighted by Crippen LogP contribution is 2.51. The molecule has 0 atom stereocenters. The number of aromatic amines is 3. The van der Waals surface area contributed by atoms with Crippen molar-refractivity contribution < 1.29 is 0 Å². The van der Waals surface area contributed by atoms with Gasteiger partial charge < -0.3 is 28.7 Å². The molecule has 634 valence electrons. The van der Waals surface area contributed by atoms with Crippen LogP contribution < -0.4 is 0 Å². The van der Waals surface area contributed by atoms with Crippen molar-refractivity contribution in [2.24, 2.45) is 0 Å². The van der Waals surface area contributed by atoms with Gasteiger partial charge in [0.15, 0.2) is 0 Å². The van der Waals surface area contributed by atoms with E-state index in [1.165, 1.54) is 235 Å². The van der Waals surface area contributed by atoms with E-state index in [0.717, 1.165) is 44.7 Å². The first-order chi connectivity index (χ1) is 67.4. The first-order valence-electron chi connectivity index (χ1n) is 46.6. The summed E-state index contributed by atoms with van der Waals surface area (Å²) < 4.78 is 7.21. The number of para-hydroxylation sites is 6. The van der Waals surface area contributed by atoms with Crippen LogP contribution in [0.4, 0.5) is 0 Å². The number of hydrogen-bond acceptors (Lipinski definition) is 1. The van der Waals surface area contributed by atoms with Crippen molar-refractivity contribution in [3.63, 3.8) is 0 Å². The average molecular weight is 1730 g/mol. The molecule has 0 aliphatic carbocycles. The monoisotopic (exact) mass is 1730 g/mol. The number of aromatic nitrogens is 7. The first-order valence-corrected chi connectivity index (χ1v) is 46.6. The molecule has 0 amide bonds. The van der Waals surface area contributed by atoms with E-state index in [9.17, 15) is 0 Å². The summed E-state index contributed by atoms with van der Waals surface area (Å²) in [6.07, 6.45) is 7.64. The molecule has 0 bridgehead atoms. The zero-order chi connectivity index (χ0) is 89.7. The van der Waals surface area contributed by atoms with Gasteiger partial charge in [-0.25, -0.2) is 0 Å². The van der Waals surface area contributed by atoms with Crippen molar-refractivity contribution >= 4 is 208 Å². The third kappa shape index (κ3) is 12.1. The fourth-order valence-corrected chi connectivity index (χ4v) is 22.7. The van der Waals surface area contributed by atoms with Gasteiger partial charge in [0.25, 0.3) is 0 Å². The molecular weight excluding hydrogens is 1650 g/mol. The fourth-order valence-electron chi connectivity index (χ4n) is 22.7. The van der Waals surface area contributed by atoms with Crippen molar-refractivity contribution in [2.45, 2.75) is 0 Å². The predicted molar refractivity (Wildman–Crippen MR) is 581 cm³/mol. The lowest BCUT2D eigenvalue weighted by molar-refractivity contribution is 1.14. The molecule has 136 heavy (non-hydrogen) atoms. The quantitative estimate of drug-likeness (QED) is 0.125. The van der Waals surface area contributed by atoms with E-state index in [-0.39, 0.29) is 0 Å². The Morgan fingerprint density at radius 2 is 0.507 bits per heavy atom. The van der Waals surface area contributed by atoms with Crippen molar-refractivity contribution in [3.05, 3.63) is 473 Å². The molecule has 0 fully saturated rings. The van der Waals surface area contributed by atoms with Gasteiger partial charge in [-0.05, 0) is 229 Å². The number of rotatable bonds is 10. The highest BCUT2D eigenvalue weighted by Gasteiger charge is 2.27. The van der Waals surface area contributed by atoms with Gasteiger partial charge in [0.1, 0.15) is 0 Å². The number of nitrogens with one attached hydrogen (secondary N) is 3. The Balaban J connectivity index is 0.000000103. The van der Waals surface area contributed by atoms with E-state index in [2.05, 4.69) is 478 Å². The Morgan fingerprint density at radius 3 is 0.912 bits per heavy atom. The zero-order valence-corrected chi connectivity index (χ0v) is 74.1. The van der Waals surface area contributed by atoms with Crippen LogP contribution in [0.2, 0.25) is 0 Å². The van der Waals surface area contributed by atoms with Crippen LogP contribution in [0, 0.1) is 0 Å². The van der Waals surface area contributed by atoms with Crippen LogP contribution in [0.15, 0.2) is 462 Å². The summed E-state index contributed by atoms with van der Waals surface area (Å²) in [6, 6.07) is 159. The molecule has 0 aliphatic rings. The smallest absolute Gasteiger partial charge is 0.0645 e. The maximum atomic E-state index is 4.47. The van der Waals surface area contributed by atoms with Crippen molar-refractivity contribution in [2.75, 3.05) is 0 Å². The van der Waals surface area contributed by atoms with E-state index in [4.69, 9.17) is 0 Å². The molecule has 29 rings (SSSR count). The maximum absolute atomic E-state index is 4.47. The average Bonchev–Trinajstić information content (AvgIpc) is 1.52. The maximum Gasteiger partial charge on any atom is 0.0645 e. The van der Waals surface area contributed by atoms with Crippen LogP contribution in [0.25, 0.3) is 280 Å². The highest BCUT2D eigenvalue weighted by molar-refractivity contribution is 6.32. The molecule has 0 spiro atoms. The van der Waals surface area contributed by atoms with Crippen molar-refractivity contribution in [1.82, 2.24) is 33.6 Å². The molecule has 7 aromatic heterocycles. The topological polar surface area (TPSA) is 75.0 Å². The molecule has 29 aromatic rings. The number of fused-ring (bicyclic) bond motifs is 30. The van der Waals surface area contributed by atoms with Gasteiger partial charge in [0.2, 0.25) is 0 Å². The van der Waals surface area contributed by atoms with Crippen LogP contribution in [-0.4, -0.2) is 33.6 Å². The Labute approximate surface area is 781 Å². The minimum absolute atomic E-state index is 1.06. The second kappa shape index (κ2) is 31.3. The lowest BCUT2D eigenvalue weighted by Gasteiger charge is -2.16. The molecule has 0 aliphatic heterocycles. The first kappa shape index (κ1) is 77.7. The molecular formula is C129H83N7. The van der Waals surface area contributed by atoms with E-state index in [0.29, 0.717) is 0 Å². The Morgan fingerprint density at radius 1 is 0.199 bits per heavy atom. The predicted octanol–water partition coefficient (Wildman–Crippen LogP) is 35.2. The van der Waals surface area contributed by atoms with Gasteiger partial charge in [-0.2, -0.15) is 0 Å². The molecule has 7 heteroatoms. The SMILES string of the molecule is C=Cc1cccc(-n2c3ccccc3c3c4ccccc4c(-c4cc5[nH]c6ccccc6c5c5ccccc45)cc32)c1C=C.c1ccc(-c2ccc(-n3c4ccccc4c4c5ccccc5c(-c5cc6[nH]c7ccccc7c6c6ccccc56)cc43)cc2)cc1.c1cncc(-n2c3ccccc3c3c4ccccc4c(-c4ccc(-c5cc6[nH]c7ccccc7c6c6ccccc56)cc4)cc32)c1. The van der Waals surface area contributed by atoms with E-state index >= 15 is 0 Å². The summed E-state index contributed by atoms with van der Waals surface area (Å²) in [4.78, 5) is 15.6. The molecule has 7 heterocycles. The van der Waals surface area contributed by atoms with Gasteiger partial charge in [-0.3, -0.25) is 4.98 Å². The molecule has 0 saturated carbocycles. The number of pyridine rings is 1. The van der Waals surface area contributed by atoms with Gasteiger partial charge >= 0.3 is 0 Å². The lowest BCUT2D eigenvalue weighted by Crippen LogP contribution is -1.99. The summed E-state index contributed by atoms with van der Waals surface area (Å²) in [5.74, 6) is 0. The normalized spacial score (nSPS) is 11.9. The third-order valence-corrected chi connectivity index (χ3v) is 28.6. The number of benzene rings is 22. The zero-order valence-electron chi connectivity index (χ0n) is 74.1. The molecule has 7 nitrogen and oxygen atoms in total. The standard InChI is InChI=1S/C44H28N2.C43H27N3.C42H28N2/c1-2-12-28(13-3-1)29-22-24-30(25-23-29)46-41-21-11-9-19-36(41)44-34-17-7-5-15-32(34)38(27-42(44)46)37-26-40-43(33-16-6-4-14-31(33)37)35-18-8-10-20-39(35)45-40;1-3-13-32-30(11-1)36(24-39-42(32)34-15-5-7-17-38(34)45-39)27-19-21-28(22-20-27)37-25-41-43(33-14-4-2-12-31(33)37)35-16-6-8-18-40(35)46(41)29-10-9-23-44-26-29;1-3-26-14-13-23-38(27(26)4-2)44-39-22-12-10-20-33(39)42-31-18-8-6-16-29(31)35(25-40(42)44)34-24-37-41(30-17-7-5-15-28(30)34)32-19-9-11-21-36(32)43-37/h1-27,45H;1-26,45H;3-25,43H,1-2H2. The Hall–Kier alpha value is -18.2. The second-order valence-electron chi connectivity index (χ2n) is 35.7. The fraction of sp³-hybridized carbons (Fsp3) is 0. The number of nitrogens with zero attached hydrogens (tertiary/aromatic N) is 4. The van der Waals surface area contributed by atoms with Crippen molar-refractivity contribution in [1.29, 1.82) is 0 Å². The molecule has 0 saturated heterocycles. The summed E-state index contributed by atoms with van der Waals surface area (Å²) in [5, 5.41) is 30.3. The van der Waals surface area contributed by atoms with Gasteiger partial charge in [0, 0.05) is 115 Å². The van der Waals surface area contributed by atoms with Crippen LogP contribution >= 0.6 is 0 Å². The Bertz CT molecular complexity index is 10000. The summed E-state index contributed by atoms with van der Waals surface area (Å²) in [6.45, 7) is 8.29. The van der Waals surface area contributed by atoms with Gasteiger partial charge in [0.05, 0.1) is 50.7 Å². The van der Waals surface area contributed by atoms with Gasteiger partial charge in [-0.1, -0.05) is 359 Å². The van der Waals surface area contributed by atoms with Crippen LogP contribution in [0.5, 0.6) is 0 Å². The summed E-state index contributed by atoms with van der Waals surface area (Å²) in [5.41, 5.74) is 31.8.